The lowest BCUT2D eigenvalue weighted by molar-refractivity contribution is 0.590. The highest BCUT2D eigenvalue weighted by atomic mass is 14.2. The number of benzene rings is 4. The molecule has 0 heteroatoms. The summed E-state index contributed by atoms with van der Waals surface area (Å²) >= 11 is 0. The van der Waals surface area contributed by atoms with E-state index < -0.39 is 0 Å². The van der Waals surface area contributed by atoms with E-state index in [2.05, 4.69) is 112 Å². The van der Waals surface area contributed by atoms with E-state index in [4.69, 9.17) is 0 Å². The van der Waals surface area contributed by atoms with Gasteiger partial charge in [-0.1, -0.05) is 112 Å². The second-order valence-electron chi connectivity index (χ2n) is 7.90. The number of hydrogen-bond donors (Lipinski definition) is 0. The minimum Gasteiger partial charge on any atom is -0.0622 e. The molecule has 26 heavy (non-hydrogen) atoms. The van der Waals surface area contributed by atoms with Gasteiger partial charge in [-0.15, -0.1) is 0 Å². The predicted octanol–water partition coefficient (Wildman–Crippen LogP) is 7.47. The van der Waals surface area contributed by atoms with Crippen molar-refractivity contribution in [2.24, 2.45) is 0 Å². The van der Waals surface area contributed by atoms with Gasteiger partial charge in [-0.2, -0.15) is 0 Å². The third-order valence-corrected chi connectivity index (χ3v) is 5.07. The van der Waals surface area contributed by atoms with E-state index >= 15 is 0 Å². The SMILES string of the molecule is CC(C)(C)c1ccc(-c2cccc3c(-c4ccccc4)cccc23)cc1. The van der Waals surface area contributed by atoms with Crippen LogP contribution in [0, 0.1) is 0 Å². The van der Waals surface area contributed by atoms with Crippen LogP contribution >= 0.6 is 0 Å². The highest BCUT2D eigenvalue weighted by Gasteiger charge is 2.14. The summed E-state index contributed by atoms with van der Waals surface area (Å²) in [4.78, 5) is 0. The van der Waals surface area contributed by atoms with Crippen LogP contribution in [0.5, 0.6) is 0 Å². The topological polar surface area (TPSA) is 0 Å². The molecule has 0 heterocycles. The lowest BCUT2D eigenvalue weighted by Gasteiger charge is -2.19. The lowest BCUT2D eigenvalue weighted by Crippen LogP contribution is -2.10. The minimum absolute atomic E-state index is 0.178. The van der Waals surface area contributed by atoms with E-state index in [1.807, 2.05) is 0 Å². The van der Waals surface area contributed by atoms with E-state index in [-0.39, 0.29) is 5.41 Å². The Kier molecular flexibility index (Phi) is 4.12. The zero-order valence-electron chi connectivity index (χ0n) is 15.7. The van der Waals surface area contributed by atoms with Crippen molar-refractivity contribution < 1.29 is 0 Å². The highest BCUT2D eigenvalue weighted by Crippen LogP contribution is 2.35. The van der Waals surface area contributed by atoms with Crippen molar-refractivity contribution >= 4 is 10.8 Å². The fourth-order valence-electron chi connectivity index (χ4n) is 3.58. The Morgan fingerprint density at radius 2 is 0.962 bits per heavy atom. The Bertz CT molecular complexity index is 1030. The quantitative estimate of drug-likeness (QED) is 0.356. The predicted molar refractivity (Wildman–Crippen MR) is 114 cm³/mol. The van der Waals surface area contributed by atoms with E-state index in [0.717, 1.165) is 0 Å². The van der Waals surface area contributed by atoms with E-state index in [1.54, 1.807) is 0 Å². The van der Waals surface area contributed by atoms with Crippen LogP contribution in [0.2, 0.25) is 0 Å². The van der Waals surface area contributed by atoms with Gasteiger partial charge in [0.25, 0.3) is 0 Å². The molecule has 0 aliphatic carbocycles. The molecule has 0 saturated carbocycles. The second kappa shape index (κ2) is 6.46. The van der Waals surface area contributed by atoms with Gasteiger partial charge in [-0.25, -0.2) is 0 Å². The Labute approximate surface area is 156 Å². The van der Waals surface area contributed by atoms with Crippen LogP contribution < -0.4 is 0 Å². The van der Waals surface area contributed by atoms with Gasteiger partial charge in [0, 0.05) is 0 Å². The Morgan fingerprint density at radius 3 is 1.46 bits per heavy atom. The maximum Gasteiger partial charge on any atom is -0.00992 e. The normalized spacial score (nSPS) is 11.7. The number of fused-ring (bicyclic) bond motifs is 1. The Balaban J connectivity index is 1.87. The molecule has 0 fully saturated rings. The molecule has 0 aliphatic rings. The summed E-state index contributed by atoms with van der Waals surface area (Å²) in [5.41, 5.74) is 6.66. The van der Waals surface area contributed by atoms with Gasteiger partial charge < -0.3 is 0 Å². The summed E-state index contributed by atoms with van der Waals surface area (Å²) in [6.45, 7) is 6.77. The van der Waals surface area contributed by atoms with Crippen LogP contribution in [0.1, 0.15) is 26.3 Å². The maximum atomic E-state index is 2.26. The lowest BCUT2D eigenvalue weighted by atomic mass is 9.85. The minimum atomic E-state index is 0.178. The van der Waals surface area contributed by atoms with Gasteiger partial charge in [0.05, 0.1) is 0 Å². The summed E-state index contributed by atoms with van der Waals surface area (Å²) in [5, 5.41) is 2.61. The molecule has 0 nitrogen and oxygen atoms in total. The molecule has 0 amide bonds. The molecule has 4 rings (SSSR count). The van der Waals surface area contributed by atoms with Crippen molar-refractivity contribution in [3.63, 3.8) is 0 Å². The molecular formula is C26H24. The van der Waals surface area contributed by atoms with Gasteiger partial charge in [0.2, 0.25) is 0 Å². The third kappa shape index (κ3) is 3.04. The number of hydrogen-bond acceptors (Lipinski definition) is 0. The first-order chi connectivity index (χ1) is 12.5. The molecule has 0 radical (unpaired) electrons. The summed E-state index contributed by atoms with van der Waals surface area (Å²) < 4.78 is 0. The fraction of sp³-hybridized carbons (Fsp3) is 0.154. The van der Waals surface area contributed by atoms with E-state index in [9.17, 15) is 0 Å². The van der Waals surface area contributed by atoms with Gasteiger partial charge in [-0.05, 0) is 44.0 Å². The van der Waals surface area contributed by atoms with Crippen molar-refractivity contribution in [1.82, 2.24) is 0 Å². The zero-order valence-corrected chi connectivity index (χ0v) is 15.7. The molecule has 0 aromatic heterocycles. The van der Waals surface area contributed by atoms with Gasteiger partial charge in [0.1, 0.15) is 0 Å². The van der Waals surface area contributed by atoms with Crippen molar-refractivity contribution in [2.45, 2.75) is 26.2 Å². The van der Waals surface area contributed by atoms with Gasteiger partial charge >= 0.3 is 0 Å². The van der Waals surface area contributed by atoms with Crippen LogP contribution in [-0.2, 0) is 5.41 Å². The molecule has 0 atom stereocenters. The summed E-state index contributed by atoms with van der Waals surface area (Å²) in [6.07, 6.45) is 0. The summed E-state index contributed by atoms with van der Waals surface area (Å²) in [6, 6.07) is 32.9. The first-order valence-corrected chi connectivity index (χ1v) is 9.22. The molecule has 0 saturated heterocycles. The van der Waals surface area contributed by atoms with E-state index in [1.165, 1.54) is 38.6 Å². The van der Waals surface area contributed by atoms with Crippen molar-refractivity contribution in [3.8, 4) is 22.3 Å². The van der Waals surface area contributed by atoms with Crippen LogP contribution in [0.3, 0.4) is 0 Å². The van der Waals surface area contributed by atoms with Crippen LogP contribution in [0.25, 0.3) is 33.0 Å². The zero-order chi connectivity index (χ0) is 18.1. The molecule has 4 aromatic rings. The molecular weight excluding hydrogens is 312 g/mol. The Hall–Kier alpha value is -2.86. The molecule has 0 unspecified atom stereocenters. The molecule has 0 bridgehead atoms. The van der Waals surface area contributed by atoms with Crippen molar-refractivity contribution in [2.75, 3.05) is 0 Å². The highest BCUT2D eigenvalue weighted by molar-refractivity contribution is 6.04. The summed E-state index contributed by atoms with van der Waals surface area (Å²) in [5.74, 6) is 0. The summed E-state index contributed by atoms with van der Waals surface area (Å²) in [7, 11) is 0. The first kappa shape index (κ1) is 16.6. The fourth-order valence-corrected chi connectivity index (χ4v) is 3.58. The molecule has 128 valence electrons. The van der Waals surface area contributed by atoms with Crippen LogP contribution in [0.15, 0.2) is 91.0 Å². The maximum absolute atomic E-state index is 2.26. The average Bonchev–Trinajstić information content (AvgIpc) is 2.67. The van der Waals surface area contributed by atoms with Crippen LogP contribution in [0.4, 0.5) is 0 Å². The molecule has 4 aromatic carbocycles. The third-order valence-electron chi connectivity index (χ3n) is 5.07. The Morgan fingerprint density at radius 1 is 0.462 bits per heavy atom. The van der Waals surface area contributed by atoms with Gasteiger partial charge in [-0.3, -0.25) is 0 Å². The monoisotopic (exact) mass is 336 g/mol. The standard InChI is InChI=1S/C26H24/c1-26(2,3)21-17-15-20(16-18-21)23-12-8-13-24-22(11-7-14-25(23)24)19-9-5-4-6-10-19/h4-18H,1-3H3. The van der Waals surface area contributed by atoms with E-state index in [0.29, 0.717) is 0 Å². The second-order valence-corrected chi connectivity index (χ2v) is 7.90. The van der Waals surface area contributed by atoms with Crippen molar-refractivity contribution in [3.05, 3.63) is 96.6 Å². The molecule has 0 aliphatic heterocycles. The first-order valence-electron chi connectivity index (χ1n) is 9.22. The molecule has 0 N–H and O–H groups in total. The molecule has 0 spiro atoms. The largest absolute Gasteiger partial charge is 0.0622 e. The van der Waals surface area contributed by atoms with Gasteiger partial charge in [0.15, 0.2) is 0 Å². The van der Waals surface area contributed by atoms with Crippen molar-refractivity contribution in [1.29, 1.82) is 0 Å². The number of rotatable bonds is 2. The smallest absolute Gasteiger partial charge is 0.00992 e. The average molecular weight is 336 g/mol. The van der Waals surface area contributed by atoms with Crippen LogP contribution in [-0.4, -0.2) is 0 Å².